The molecule has 3 rings (SSSR count). The van der Waals surface area contributed by atoms with Gasteiger partial charge < -0.3 is 5.32 Å². The Labute approximate surface area is 140 Å². The van der Waals surface area contributed by atoms with Gasteiger partial charge in [-0.05, 0) is 29.5 Å². The fraction of sp³-hybridized carbons (Fsp3) is 0.125. The van der Waals surface area contributed by atoms with Gasteiger partial charge in [0.05, 0.1) is 5.56 Å². The predicted octanol–water partition coefficient (Wildman–Crippen LogP) is 3.00. The second-order valence-corrected chi connectivity index (χ2v) is 5.14. The van der Waals surface area contributed by atoms with Crippen molar-refractivity contribution in [3.05, 3.63) is 60.2 Å². The molecule has 1 aromatic heterocycles. The minimum absolute atomic E-state index is 0.0126. The average molecular weight is 347 g/mol. The molecule has 0 aliphatic carbocycles. The van der Waals surface area contributed by atoms with Gasteiger partial charge in [0, 0.05) is 11.3 Å². The van der Waals surface area contributed by atoms with Crippen LogP contribution in [0.4, 0.5) is 18.9 Å². The van der Waals surface area contributed by atoms with E-state index in [1.165, 1.54) is 12.1 Å². The number of carbonyl (C=O) groups is 1. The van der Waals surface area contributed by atoms with Crippen molar-refractivity contribution >= 4 is 11.6 Å². The minimum atomic E-state index is -4.46. The van der Waals surface area contributed by atoms with Crippen molar-refractivity contribution in [3.8, 4) is 11.4 Å². The molecular formula is C16H12F3N5O. The minimum Gasteiger partial charge on any atom is -0.324 e. The van der Waals surface area contributed by atoms with Crippen molar-refractivity contribution < 1.29 is 18.0 Å². The van der Waals surface area contributed by atoms with Crippen molar-refractivity contribution in [2.75, 3.05) is 5.32 Å². The predicted molar refractivity (Wildman–Crippen MR) is 83.3 cm³/mol. The van der Waals surface area contributed by atoms with Gasteiger partial charge >= 0.3 is 6.18 Å². The molecule has 25 heavy (non-hydrogen) atoms. The zero-order valence-electron chi connectivity index (χ0n) is 12.7. The highest BCUT2D eigenvalue weighted by atomic mass is 19.4. The van der Waals surface area contributed by atoms with Gasteiger partial charge in [-0.25, -0.2) is 0 Å². The Morgan fingerprint density at radius 1 is 1.08 bits per heavy atom. The Bertz CT molecular complexity index is 877. The fourth-order valence-corrected chi connectivity index (χ4v) is 2.11. The SMILES string of the molecule is O=C(Cn1nnc(-c2cccc(C(F)(F)F)c2)n1)Nc1ccccc1. The Hall–Kier alpha value is -3.23. The number of hydrogen-bond acceptors (Lipinski definition) is 4. The number of rotatable bonds is 4. The first kappa shape index (κ1) is 16.6. The number of tetrazole rings is 1. The molecule has 0 radical (unpaired) electrons. The first-order valence-electron chi connectivity index (χ1n) is 7.22. The smallest absolute Gasteiger partial charge is 0.324 e. The van der Waals surface area contributed by atoms with Crippen LogP contribution in [0.1, 0.15) is 5.56 Å². The Morgan fingerprint density at radius 2 is 1.84 bits per heavy atom. The lowest BCUT2D eigenvalue weighted by molar-refractivity contribution is -0.137. The number of alkyl halides is 3. The van der Waals surface area contributed by atoms with Crippen LogP contribution in [-0.4, -0.2) is 26.1 Å². The Kier molecular flexibility index (Phi) is 4.46. The summed E-state index contributed by atoms with van der Waals surface area (Å²) in [7, 11) is 0. The van der Waals surface area contributed by atoms with Crippen molar-refractivity contribution in [2.45, 2.75) is 12.7 Å². The second kappa shape index (κ2) is 6.71. The molecule has 2 aromatic carbocycles. The molecule has 1 heterocycles. The lowest BCUT2D eigenvalue weighted by Gasteiger charge is -2.06. The highest BCUT2D eigenvalue weighted by Gasteiger charge is 2.30. The summed E-state index contributed by atoms with van der Waals surface area (Å²) in [5.74, 6) is -0.363. The zero-order valence-corrected chi connectivity index (χ0v) is 12.7. The van der Waals surface area contributed by atoms with Gasteiger partial charge in [0.15, 0.2) is 0 Å². The third kappa shape index (κ3) is 4.19. The number of nitrogens with one attached hydrogen (secondary N) is 1. The first-order valence-corrected chi connectivity index (χ1v) is 7.22. The summed E-state index contributed by atoms with van der Waals surface area (Å²) >= 11 is 0. The summed E-state index contributed by atoms with van der Waals surface area (Å²) in [4.78, 5) is 12.9. The maximum atomic E-state index is 12.8. The van der Waals surface area contributed by atoms with Crippen LogP contribution >= 0.6 is 0 Å². The van der Waals surface area contributed by atoms with Crippen molar-refractivity contribution in [1.29, 1.82) is 0 Å². The Balaban J connectivity index is 1.71. The van der Waals surface area contributed by atoms with Gasteiger partial charge in [-0.3, -0.25) is 4.79 Å². The van der Waals surface area contributed by atoms with E-state index in [0.29, 0.717) is 5.69 Å². The molecule has 1 N–H and O–H groups in total. The number of aromatic nitrogens is 4. The standard InChI is InChI=1S/C16H12F3N5O/c17-16(18,19)12-6-4-5-11(9-12)15-21-23-24(22-15)10-14(25)20-13-7-2-1-3-8-13/h1-9H,10H2,(H,20,25). The molecule has 9 heteroatoms. The number of nitrogens with zero attached hydrogens (tertiary/aromatic N) is 4. The summed E-state index contributed by atoms with van der Waals surface area (Å²) in [6.07, 6.45) is -4.46. The summed E-state index contributed by atoms with van der Waals surface area (Å²) in [5.41, 5.74) is -0.0153. The van der Waals surface area contributed by atoms with Gasteiger partial charge in [0.2, 0.25) is 11.7 Å². The van der Waals surface area contributed by atoms with Crippen molar-refractivity contribution in [1.82, 2.24) is 20.2 Å². The number of anilines is 1. The van der Waals surface area contributed by atoms with Crippen molar-refractivity contribution in [2.24, 2.45) is 0 Å². The van der Waals surface area contributed by atoms with Gasteiger partial charge in [-0.1, -0.05) is 30.3 Å². The molecule has 1 amide bonds. The number of carbonyl (C=O) groups excluding carboxylic acids is 1. The van der Waals surface area contributed by atoms with Gasteiger partial charge in [0.25, 0.3) is 0 Å². The number of hydrogen-bond donors (Lipinski definition) is 1. The quantitative estimate of drug-likeness (QED) is 0.787. The van der Waals surface area contributed by atoms with Crippen LogP contribution in [-0.2, 0) is 17.5 Å². The van der Waals surface area contributed by atoms with Crippen LogP contribution in [0.3, 0.4) is 0 Å². The fourth-order valence-electron chi connectivity index (χ4n) is 2.11. The Morgan fingerprint density at radius 3 is 2.56 bits per heavy atom. The van der Waals surface area contributed by atoms with E-state index in [1.807, 2.05) is 6.07 Å². The highest BCUT2D eigenvalue weighted by Crippen LogP contribution is 2.31. The molecular weight excluding hydrogens is 335 g/mol. The van der Waals surface area contributed by atoms with Crippen molar-refractivity contribution in [3.63, 3.8) is 0 Å². The van der Waals surface area contributed by atoms with Crippen LogP contribution < -0.4 is 5.32 Å². The zero-order chi connectivity index (χ0) is 17.9. The maximum absolute atomic E-state index is 12.8. The molecule has 0 spiro atoms. The maximum Gasteiger partial charge on any atom is 0.416 e. The van der Waals surface area contributed by atoms with E-state index in [9.17, 15) is 18.0 Å². The van der Waals surface area contributed by atoms with Crippen LogP contribution in [0.5, 0.6) is 0 Å². The lowest BCUT2D eigenvalue weighted by Crippen LogP contribution is -2.20. The molecule has 0 fully saturated rings. The third-order valence-corrected chi connectivity index (χ3v) is 3.24. The molecule has 3 aromatic rings. The van der Waals surface area contributed by atoms with E-state index in [0.717, 1.165) is 16.9 Å². The van der Waals surface area contributed by atoms with E-state index in [1.54, 1.807) is 24.3 Å². The molecule has 128 valence electrons. The van der Waals surface area contributed by atoms with E-state index >= 15 is 0 Å². The first-order chi connectivity index (χ1) is 11.9. The van der Waals surface area contributed by atoms with E-state index in [2.05, 4.69) is 20.7 Å². The summed E-state index contributed by atoms with van der Waals surface area (Å²) in [6.45, 7) is -0.207. The number of benzene rings is 2. The molecule has 0 aliphatic heterocycles. The van der Waals surface area contributed by atoms with Gasteiger partial charge in [-0.15, -0.1) is 10.2 Å². The molecule has 6 nitrogen and oxygen atoms in total. The van der Waals surface area contributed by atoms with Gasteiger partial charge in [0.1, 0.15) is 6.54 Å². The van der Waals surface area contributed by atoms with E-state index in [-0.39, 0.29) is 23.8 Å². The molecule has 0 bridgehead atoms. The number of halogens is 3. The van der Waals surface area contributed by atoms with E-state index in [4.69, 9.17) is 0 Å². The number of para-hydroxylation sites is 1. The largest absolute Gasteiger partial charge is 0.416 e. The molecule has 0 aliphatic rings. The normalized spacial score (nSPS) is 11.3. The molecule has 0 atom stereocenters. The van der Waals surface area contributed by atoms with Crippen LogP contribution in [0, 0.1) is 0 Å². The monoisotopic (exact) mass is 347 g/mol. The molecule has 0 saturated heterocycles. The van der Waals surface area contributed by atoms with Crippen LogP contribution in [0.2, 0.25) is 0 Å². The van der Waals surface area contributed by atoms with Crippen LogP contribution in [0.15, 0.2) is 54.6 Å². The average Bonchev–Trinajstić information content (AvgIpc) is 3.03. The summed E-state index contributed by atoms with van der Waals surface area (Å²) < 4.78 is 38.3. The van der Waals surface area contributed by atoms with Gasteiger partial charge in [-0.2, -0.15) is 18.0 Å². The van der Waals surface area contributed by atoms with E-state index < -0.39 is 11.7 Å². The summed E-state index contributed by atoms with van der Waals surface area (Å²) in [5, 5.41) is 14.0. The number of amides is 1. The topological polar surface area (TPSA) is 72.7 Å². The second-order valence-electron chi connectivity index (χ2n) is 5.14. The summed E-state index contributed by atoms with van der Waals surface area (Å²) in [6, 6.07) is 13.4. The third-order valence-electron chi connectivity index (χ3n) is 3.24. The molecule has 0 unspecified atom stereocenters. The van der Waals surface area contributed by atoms with Crippen LogP contribution in [0.25, 0.3) is 11.4 Å². The lowest BCUT2D eigenvalue weighted by atomic mass is 10.1. The molecule has 0 saturated carbocycles. The highest BCUT2D eigenvalue weighted by molar-refractivity contribution is 5.90.